The molecule has 1 saturated carbocycles. The summed E-state index contributed by atoms with van der Waals surface area (Å²) in [6.45, 7) is 2.11. The van der Waals surface area contributed by atoms with E-state index in [1.165, 1.54) is 0 Å². The van der Waals surface area contributed by atoms with Crippen LogP contribution < -0.4 is 5.32 Å². The summed E-state index contributed by atoms with van der Waals surface area (Å²) in [6.07, 6.45) is 4.40. The Morgan fingerprint density at radius 3 is 2.47 bits per heavy atom. The van der Waals surface area contributed by atoms with Crippen LogP contribution in [0.1, 0.15) is 45.4 Å². The van der Waals surface area contributed by atoms with Crippen LogP contribution in [0, 0.1) is 5.92 Å². The fourth-order valence-corrected chi connectivity index (χ4v) is 3.02. The summed E-state index contributed by atoms with van der Waals surface area (Å²) in [4.78, 5) is 11.3. The average molecular weight is 247 g/mol. The van der Waals surface area contributed by atoms with Crippen LogP contribution in [0.3, 0.4) is 0 Å². The Morgan fingerprint density at radius 2 is 2.00 bits per heavy atom. The third-order valence-electron chi connectivity index (χ3n) is 3.81. The Balaban J connectivity index is 2.18. The smallest absolute Gasteiger partial charge is 0.329 e. The van der Waals surface area contributed by atoms with Crippen LogP contribution in [0.15, 0.2) is 0 Å². The lowest BCUT2D eigenvalue weighted by atomic mass is 9.80. The van der Waals surface area contributed by atoms with Crippen LogP contribution in [-0.4, -0.2) is 24.2 Å². The van der Waals surface area contributed by atoms with Crippen molar-refractivity contribution in [1.82, 2.24) is 5.32 Å². The number of ether oxygens (including phenoxy) is 1. The molecule has 1 saturated heterocycles. The summed E-state index contributed by atoms with van der Waals surface area (Å²) in [7, 11) is 0. The maximum atomic E-state index is 13.4. The maximum absolute atomic E-state index is 13.4. The molecule has 1 aliphatic heterocycles. The fraction of sp³-hybridized carbons (Fsp3) is 0.917. The normalized spacial score (nSPS) is 33.7. The van der Waals surface area contributed by atoms with Gasteiger partial charge in [-0.25, -0.2) is 0 Å². The number of nitrogens with one attached hydrogen (secondary N) is 1. The second-order valence-electron chi connectivity index (χ2n) is 4.99. The third kappa shape index (κ3) is 2.30. The molecule has 98 valence electrons. The van der Waals surface area contributed by atoms with E-state index in [4.69, 9.17) is 4.74 Å². The molecule has 0 bridgehead atoms. The topological polar surface area (TPSA) is 38.3 Å². The van der Waals surface area contributed by atoms with Crippen molar-refractivity contribution in [3.05, 3.63) is 0 Å². The van der Waals surface area contributed by atoms with Gasteiger partial charge >= 0.3 is 5.92 Å². The molecule has 2 rings (SSSR count). The largest absolute Gasteiger partial charge is 0.356 e. The van der Waals surface area contributed by atoms with E-state index in [2.05, 4.69) is 5.32 Å². The van der Waals surface area contributed by atoms with Crippen molar-refractivity contribution >= 4 is 5.91 Å². The molecule has 0 aromatic rings. The van der Waals surface area contributed by atoms with Crippen LogP contribution >= 0.6 is 0 Å². The van der Waals surface area contributed by atoms with E-state index >= 15 is 0 Å². The molecule has 0 aromatic heterocycles. The number of rotatable bonds is 3. The highest BCUT2D eigenvalue weighted by Crippen LogP contribution is 2.43. The van der Waals surface area contributed by atoms with Gasteiger partial charge in [0.15, 0.2) is 0 Å². The van der Waals surface area contributed by atoms with Gasteiger partial charge in [-0.1, -0.05) is 19.3 Å². The summed E-state index contributed by atoms with van der Waals surface area (Å²) in [5.41, 5.74) is -1.13. The van der Waals surface area contributed by atoms with E-state index < -0.39 is 24.0 Å². The van der Waals surface area contributed by atoms with Crippen LogP contribution in [0.2, 0.25) is 0 Å². The molecule has 1 heterocycles. The van der Waals surface area contributed by atoms with Gasteiger partial charge in [0, 0.05) is 12.5 Å². The predicted octanol–water partition coefficient (Wildman–Crippen LogP) is 2.45. The van der Waals surface area contributed by atoms with Crippen LogP contribution in [0.4, 0.5) is 8.78 Å². The minimum atomic E-state index is -3.29. The Kier molecular flexibility index (Phi) is 3.39. The highest BCUT2D eigenvalue weighted by Gasteiger charge is 2.59. The SMILES string of the molecule is CCOC1(C2CCCCC2)CC(F)(F)C(=O)N1. The second kappa shape index (κ2) is 4.52. The number of hydrogen-bond donors (Lipinski definition) is 1. The summed E-state index contributed by atoms with van der Waals surface area (Å²) < 4.78 is 32.4. The molecule has 17 heavy (non-hydrogen) atoms. The first kappa shape index (κ1) is 12.7. The van der Waals surface area contributed by atoms with E-state index in [1.54, 1.807) is 6.92 Å². The first-order chi connectivity index (χ1) is 8.00. The van der Waals surface area contributed by atoms with Crippen molar-refractivity contribution < 1.29 is 18.3 Å². The minimum Gasteiger partial charge on any atom is -0.356 e. The molecule has 1 aliphatic carbocycles. The highest BCUT2D eigenvalue weighted by atomic mass is 19.3. The molecule has 2 fully saturated rings. The van der Waals surface area contributed by atoms with E-state index in [0.717, 1.165) is 32.1 Å². The van der Waals surface area contributed by atoms with Gasteiger partial charge in [0.2, 0.25) is 0 Å². The molecule has 5 heteroatoms. The summed E-state index contributed by atoms with van der Waals surface area (Å²) >= 11 is 0. The first-order valence-corrected chi connectivity index (χ1v) is 6.34. The van der Waals surface area contributed by atoms with Crippen molar-refractivity contribution in [2.75, 3.05) is 6.61 Å². The average Bonchev–Trinajstić information content (AvgIpc) is 2.52. The van der Waals surface area contributed by atoms with E-state index in [9.17, 15) is 13.6 Å². The fourth-order valence-electron chi connectivity index (χ4n) is 3.02. The lowest BCUT2D eigenvalue weighted by molar-refractivity contribution is -0.139. The molecule has 2 aliphatic rings. The standard InChI is InChI=1S/C12H19F2NO2/c1-2-17-12(9-6-4-3-5-7-9)8-11(13,14)10(16)15-12/h9H,2-8H2,1H3,(H,15,16). The van der Waals surface area contributed by atoms with Gasteiger partial charge in [-0.3, -0.25) is 4.79 Å². The van der Waals surface area contributed by atoms with Crippen LogP contribution in [0.5, 0.6) is 0 Å². The Hall–Kier alpha value is -0.710. The molecule has 3 nitrogen and oxygen atoms in total. The van der Waals surface area contributed by atoms with Gasteiger partial charge in [-0.15, -0.1) is 0 Å². The predicted molar refractivity (Wildman–Crippen MR) is 58.6 cm³/mol. The molecular weight excluding hydrogens is 228 g/mol. The van der Waals surface area contributed by atoms with Crippen LogP contribution in [-0.2, 0) is 9.53 Å². The van der Waals surface area contributed by atoms with Crippen molar-refractivity contribution in [3.8, 4) is 0 Å². The maximum Gasteiger partial charge on any atom is 0.329 e. The highest BCUT2D eigenvalue weighted by molar-refractivity contribution is 5.86. The third-order valence-corrected chi connectivity index (χ3v) is 3.81. The van der Waals surface area contributed by atoms with E-state index in [1.807, 2.05) is 0 Å². The van der Waals surface area contributed by atoms with Gasteiger partial charge in [0.1, 0.15) is 5.72 Å². The number of carbonyl (C=O) groups is 1. The Labute approximate surface area is 99.9 Å². The van der Waals surface area contributed by atoms with Gasteiger partial charge < -0.3 is 10.1 Å². The lowest BCUT2D eigenvalue weighted by Gasteiger charge is -2.38. The van der Waals surface area contributed by atoms with Gasteiger partial charge in [-0.05, 0) is 19.8 Å². The zero-order valence-corrected chi connectivity index (χ0v) is 10.1. The monoisotopic (exact) mass is 247 g/mol. The van der Waals surface area contributed by atoms with Gasteiger partial charge in [0.25, 0.3) is 5.91 Å². The molecule has 1 amide bonds. The number of alkyl halides is 2. The molecular formula is C12H19F2NO2. The number of halogens is 2. The molecule has 1 unspecified atom stereocenters. The zero-order chi connectivity index (χ0) is 12.5. The second-order valence-corrected chi connectivity index (χ2v) is 4.99. The number of carbonyl (C=O) groups excluding carboxylic acids is 1. The van der Waals surface area contributed by atoms with Gasteiger partial charge in [0.05, 0.1) is 6.42 Å². The summed E-state index contributed by atoms with van der Waals surface area (Å²) in [6, 6.07) is 0. The van der Waals surface area contributed by atoms with Crippen LogP contribution in [0.25, 0.3) is 0 Å². The molecule has 1 N–H and O–H groups in total. The summed E-state index contributed by atoms with van der Waals surface area (Å²) in [5.74, 6) is -4.45. The first-order valence-electron chi connectivity index (χ1n) is 6.34. The zero-order valence-electron chi connectivity index (χ0n) is 10.1. The molecule has 1 atom stereocenters. The number of amides is 1. The minimum absolute atomic E-state index is 0.0218. The Bertz CT molecular complexity index is 303. The quantitative estimate of drug-likeness (QED) is 0.832. The van der Waals surface area contributed by atoms with Crippen molar-refractivity contribution in [2.24, 2.45) is 5.92 Å². The Morgan fingerprint density at radius 1 is 1.35 bits per heavy atom. The summed E-state index contributed by atoms with van der Waals surface area (Å²) in [5, 5.41) is 2.42. The number of hydrogen-bond acceptors (Lipinski definition) is 2. The van der Waals surface area contributed by atoms with Crippen molar-refractivity contribution in [2.45, 2.75) is 57.1 Å². The molecule has 0 aromatic carbocycles. The molecule has 0 radical (unpaired) electrons. The molecule has 0 spiro atoms. The lowest BCUT2D eigenvalue weighted by Crippen LogP contribution is -2.51. The van der Waals surface area contributed by atoms with Crippen molar-refractivity contribution in [1.29, 1.82) is 0 Å². The van der Waals surface area contributed by atoms with E-state index in [-0.39, 0.29) is 5.92 Å². The van der Waals surface area contributed by atoms with E-state index in [0.29, 0.717) is 6.61 Å². The van der Waals surface area contributed by atoms with Gasteiger partial charge in [-0.2, -0.15) is 8.78 Å². The van der Waals surface area contributed by atoms with Crippen molar-refractivity contribution in [3.63, 3.8) is 0 Å².